The van der Waals surface area contributed by atoms with Gasteiger partial charge in [0.15, 0.2) is 11.0 Å². The van der Waals surface area contributed by atoms with Crippen LogP contribution in [0.25, 0.3) is 5.69 Å². The summed E-state index contributed by atoms with van der Waals surface area (Å²) in [6.07, 6.45) is 0.894. The van der Waals surface area contributed by atoms with Gasteiger partial charge in [0.05, 0.1) is 17.3 Å². The van der Waals surface area contributed by atoms with Gasteiger partial charge in [0.2, 0.25) is 0 Å². The molecule has 0 spiro atoms. The average Bonchev–Trinajstić information content (AvgIpc) is 3.24. The maximum Gasteiger partial charge on any atom is 0.319 e. The van der Waals surface area contributed by atoms with Gasteiger partial charge in [-0.3, -0.25) is 4.57 Å². The number of nitrogens with zero attached hydrogens (tertiary/aromatic N) is 3. The van der Waals surface area contributed by atoms with Gasteiger partial charge < -0.3 is 10.6 Å². The fraction of sp³-hybridized carbons (Fsp3) is 0.192. The second-order valence-electron chi connectivity index (χ2n) is 7.97. The molecule has 0 atom stereocenters. The normalized spacial score (nSPS) is 10.9. The molecule has 6 nitrogen and oxygen atoms in total. The van der Waals surface area contributed by atoms with Crippen molar-refractivity contribution in [2.75, 3.05) is 5.32 Å². The van der Waals surface area contributed by atoms with Crippen molar-refractivity contribution in [3.63, 3.8) is 0 Å². The molecule has 2 N–H and O–H groups in total. The van der Waals surface area contributed by atoms with Crippen LogP contribution in [0.4, 0.5) is 10.5 Å². The molecule has 2 amide bonds. The topological polar surface area (TPSA) is 71.8 Å². The third-order valence-electron chi connectivity index (χ3n) is 5.30. The van der Waals surface area contributed by atoms with Crippen molar-refractivity contribution in [1.82, 2.24) is 20.1 Å². The van der Waals surface area contributed by atoms with Crippen molar-refractivity contribution in [3.8, 4) is 5.69 Å². The molecule has 0 fully saturated rings. The van der Waals surface area contributed by atoms with Gasteiger partial charge in [-0.2, -0.15) is 0 Å². The maximum atomic E-state index is 12.6. The number of thioether (sulfide) groups is 1. The van der Waals surface area contributed by atoms with Crippen molar-refractivity contribution in [2.45, 2.75) is 37.7 Å². The van der Waals surface area contributed by atoms with Crippen LogP contribution in [0.15, 0.2) is 71.9 Å². The second-order valence-corrected chi connectivity index (χ2v) is 9.76. The second kappa shape index (κ2) is 11.6. The minimum absolute atomic E-state index is 0.163. The Bertz CT molecular complexity index is 1340. The third kappa shape index (κ3) is 6.57. The Morgan fingerprint density at radius 2 is 1.80 bits per heavy atom. The molecule has 0 saturated carbocycles. The maximum absolute atomic E-state index is 12.6. The van der Waals surface area contributed by atoms with Crippen LogP contribution in [0.5, 0.6) is 0 Å². The Balaban J connectivity index is 1.54. The number of urea groups is 1. The highest BCUT2D eigenvalue weighted by Crippen LogP contribution is 2.31. The minimum Gasteiger partial charge on any atom is -0.331 e. The number of hydrogen-bond acceptors (Lipinski definition) is 4. The first-order chi connectivity index (χ1) is 16.9. The van der Waals surface area contributed by atoms with Crippen LogP contribution in [0, 0.1) is 6.92 Å². The standard InChI is InChI=1S/C26H25Cl2N5OS/c1-3-18-7-5-9-21(13-18)30-25(34)29-15-24-31-32-26(35-16-19-8-4-6-17(2)12-19)33(24)23-11-10-20(27)14-22(23)28/h4-14H,3,15-16H2,1-2H3,(H2,29,30,34). The van der Waals surface area contributed by atoms with Crippen LogP contribution in [0.3, 0.4) is 0 Å². The molecule has 35 heavy (non-hydrogen) atoms. The molecule has 0 aliphatic carbocycles. The number of benzene rings is 3. The molecule has 4 rings (SSSR count). The number of aromatic nitrogens is 3. The van der Waals surface area contributed by atoms with E-state index in [0.717, 1.165) is 17.7 Å². The molecular weight excluding hydrogens is 501 g/mol. The van der Waals surface area contributed by atoms with E-state index in [0.29, 0.717) is 32.5 Å². The summed E-state index contributed by atoms with van der Waals surface area (Å²) >= 11 is 14.2. The molecule has 1 heterocycles. The largest absolute Gasteiger partial charge is 0.331 e. The summed E-state index contributed by atoms with van der Waals surface area (Å²) in [5.74, 6) is 1.27. The first-order valence-electron chi connectivity index (χ1n) is 11.1. The van der Waals surface area contributed by atoms with E-state index in [9.17, 15) is 4.79 Å². The summed E-state index contributed by atoms with van der Waals surface area (Å²) in [7, 11) is 0. The summed E-state index contributed by atoms with van der Waals surface area (Å²) in [6.45, 7) is 4.30. The molecule has 3 aromatic carbocycles. The van der Waals surface area contributed by atoms with Crippen molar-refractivity contribution in [3.05, 3.63) is 99.3 Å². The third-order valence-corrected chi connectivity index (χ3v) is 6.84. The highest BCUT2D eigenvalue weighted by molar-refractivity contribution is 7.98. The van der Waals surface area contributed by atoms with E-state index in [4.69, 9.17) is 23.2 Å². The predicted octanol–water partition coefficient (Wildman–Crippen LogP) is 7.06. The minimum atomic E-state index is -0.330. The molecule has 0 aliphatic heterocycles. The van der Waals surface area contributed by atoms with E-state index >= 15 is 0 Å². The lowest BCUT2D eigenvalue weighted by molar-refractivity contribution is 0.251. The molecule has 4 aromatic rings. The van der Waals surface area contributed by atoms with Crippen molar-refractivity contribution in [1.29, 1.82) is 0 Å². The lowest BCUT2D eigenvalue weighted by atomic mass is 10.1. The highest BCUT2D eigenvalue weighted by atomic mass is 35.5. The van der Waals surface area contributed by atoms with Gasteiger partial charge in [-0.15, -0.1) is 10.2 Å². The fourth-order valence-corrected chi connectivity index (χ4v) is 4.97. The van der Waals surface area contributed by atoms with E-state index < -0.39 is 0 Å². The number of halogens is 2. The number of amides is 2. The first-order valence-corrected chi connectivity index (χ1v) is 12.9. The molecule has 0 bridgehead atoms. The zero-order chi connectivity index (χ0) is 24.8. The smallest absolute Gasteiger partial charge is 0.319 e. The highest BCUT2D eigenvalue weighted by Gasteiger charge is 2.18. The zero-order valence-corrected chi connectivity index (χ0v) is 21.7. The van der Waals surface area contributed by atoms with Crippen LogP contribution in [0.2, 0.25) is 10.0 Å². The van der Waals surface area contributed by atoms with Crippen molar-refractivity contribution in [2.24, 2.45) is 0 Å². The molecule has 180 valence electrons. The van der Waals surface area contributed by atoms with Crippen molar-refractivity contribution >= 4 is 46.7 Å². The number of hydrogen-bond donors (Lipinski definition) is 2. The lowest BCUT2D eigenvalue weighted by Gasteiger charge is -2.13. The quantitative estimate of drug-likeness (QED) is 0.241. The Hall–Kier alpha value is -3.00. The molecule has 0 saturated heterocycles. The van der Waals surface area contributed by atoms with E-state index in [-0.39, 0.29) is 12.6 Å². The van der Waals surface area contributed by atoms with Crippen LogP contribution >= 0.6 is 35.0 Å². The summed E-state index contributed by atoms with van der Waals surface area (Å²) < 4.78 is 1.86. The van der Waals surface area contributed by atoms with E-state index in [1.54, 1.807) is 23.9 Å². The SMILES string of the molecule is CCc1cccc(NC(=O)NCc2nnc(SCc3cccc(C)c3)n2-c2ccc(Cl)cc2Cl)c1. The van der Waals surface area contributed by atoms with Crippen LogP contribution < -0.4 is 10.6 Å². The number of carbonyl (C=O) groups excluding carboxylic acids is 1. The number of anilines is 1. The molecule has 1 aromatic heterocycles. The number of carbonyl (C=O) groups is 1. The first kappa shape index (κ1) is 25.1. The summed E-state index contributed by atoms with van der Waals surface area (Å²) in [6, 6.07) is 21.0. The van der Waals surface area contributed by atoms with E-state index in [2.05, 4.69) is 52.9 Å². The monoisotopic (exact) mass is 525 g/mol. The number of rotatable bonds is 8. The Kier molecular flexibility index (Phi) is 8.33. The van der Waals surface area contributed by atoms with Gasteiger partial charge in [0.25, 0.3) is 0 Å². The fourth-order valence-electron chi connectivity index (χ4n) is 3.57. The van der Waals surface area contributed by atoms with Crippen molar-refractivity contribution < 1.29 is 4.79 Å². The van der Waals surface area contributed by atoms with Gasteiger partial charge in [-0.25, -0.2) is 4.79 Å². The Morgan fingerprint density at radius 3 is 2.57 bits per heavy atom. The van der Waals surface area contributed by atoms with Gasteiger partial charge in [0, 0.05) is 16.5 Å². The van der Waals surface area contributed by atoms with Gasteiger partial charge in [-0.05, 0) is 54.8 Å². The van der Waals surface area contributed by atoms with Crippen LogP contribution in [-0.2, 0) is 18.7 Å². The van der Waals surface area contributed by atoms with Gasteiger partial charge in [0.1, 0.15) is 0 Å². The predicted molar refractivity (Wildman–Crippen MR) is 144 cm³/mol. The molecule has 0 radical (unpaired) electrons. The summed E-state index contributed by atoms with van der Waals surface area (Å²) in [5, 5.41) is 16.2. The molecular formula is C26H25Cl2N5OS. The molecule has 0 unspecified atom stereocenters. The number of aryl methyl sites for hydroxylation is 2. The molecule has 0 aliphatic rings. The van der Waals surface area contributed by atoms with Crippen LogP contribution in [0.1, 0.15) is 29.4 Å². The number of nitrogens with one attached hydrogen (secondary N) is 2. The summed E-state index contributed by atoms with van der Waals surface area (Å²) in [5.41, 5.74) is 4.96. The van der Waals surface area contributed by atoms with E-state index in [1.165, 1.54) is 11.1 Å². The Morgan fingerprint density at radius 1 is 1.00 bits per heavy atom. The summed E-state index contributed by atoms with van der Waals surface area (Å²) in [4.78, 5) is 12.6. The van der Waals surface area contributed by atoms with E-state index in [1.807, 2.05) is 41.0 Å². The van der Waals surface area contributed by atoms with Crippen LogP contribution in [-0.4, -0.2) is 20.8 Å². The molecule has 9 heteroatoms. The van der Waals surface area contributed by atoms with Gasteiger partial charge >= 0.3 is 6.03 Å². The lowest BCUT2D eigenvalue weighted by Crippen LogP contribution is -2.29. The average molecular weight is 526 g/mol. The van der Waals surface area contributed by atoms with Gasteiger partial charge in [-0.1, -0.05) is 83.8 Å². The zero-order valence-electron chi connectivity index (χ0n) is 19.4. The Labute approximate surface area is 219 Å².